The first-order valence-electron chi connectivity index (χ1n) is 11.4. The highest BCUT2D eigenvalue weighted by atomic mass is 35.5. The number of nitrogens with zero attached hydrogens (tertiary/aromatic N) is 2. The maximum atomic E-state index is 12.4. The summed E-state index contributed by atoms with van der Waals surface area (Å²) in [4.78, 5) is 29.0. The Morgan fingerprint density at radius 2 is 1.73 bits per heavy atom. The second kappa shape index (κ2) is 12.6. The van der Waals surface area contributed by atoms with Crippen LogP contribution in [0.5, 0.6) is 0 Å². The number of halogens is 3. The van der Waals surface area contributed by atoms with E-state index in [-0.39, 0.29) is 17.7 Å². The fraction of sp³-hybridized carbons (Fsp3) is 0.107. The number of carbonyl (C=O) groups is 2. The maximum absolute atomic E-state index is 12.4. The van der Waals surface area contributed by atoms with E-state index in [1.54, 1.807) is 42.6 Å². The summed E-state index contributed by atoms with van der Waals surface area (Å²) in [6.07, 6.45) is 6.68. The lowest BCUT2D eigenvalue weighted by atomic mass is 10.1. The smallest absolute Gasteiger partial charge is 0.251 e. The Kier molecular flexibility index (Phi) is 9.01. The molecule has 0 unspecified atom stereocenters. The molecule has 2 amide bonds. The second-order valence-corrected chi connectivity index (χ2v) is 9.09. The first kappa shape index (κ1) is 26.5. The molecule has 2 heterocycles. The maximum Gasteiger partial charge on any atom is 0.251 e. The van der Waals surface area contributed by atoms with Crippen LogP contribution >= 0.6 is 34.8 Å². The Hall–Kier alpha value is -3.58. The summed E-state index contributed by atoms with van der Waals surface area (Å²) in [7, 11) is 0. The third-order valence-corrected chi connectivity index (χ3v) is 6.64. The summed E-state index contributed by atoms with van der Waals surface area (Å²) in [6, 6.07) is 19.9. The van der Waals surface area contributed by atoms with Crippen LogP contribution in [0.3, 0.4) is 0 Å². The van der Waals surface area contributed by atoms with Gasteiger partial charge in [-0.1, -0.05) is 41.4 Å². The third kappa shape index (κ3) is 6.80. The van der Waals surface area contributed by atoms with Gasteiger partial charge in [0.05, 0.1) is 35.4 Å². The minimum atomic E-state index is -0.256. The van der Waals surface area contributed by atoms with Crippen molar-refractivity contribution >= 4 is 52.7 Å². The van der Waals surface area contributed by atoms with Gasteiger partial charge in [0, 0.05) is 40.3 Å². The SMILES string of the molecule is O=C(C=Cc1ccc(C(=O)NCc2ccccn2)cc1)NCc1cccn1-c1ccc(Cl)c(CCl)c1Cl. The first-order chi connectivity index (χ1) is 18.0. The molecule has 2 aromatic heterocycles. The molecule has 0 saturated heterocycles. The molecule has 2 N–H and O–H groups in total. The Morgan fingerprint density at radius 3 is 2.46 bits per heavy atom. The van der Waals surface area contributed by atoms with Gasteiger partial charge in [-0.05, 0) is 60.2 Å². The number of carbonyl (C=O) groups excluding carboxylic acids is 2. The summed E-state index contributed by atoms with van der Waals surface area (Å²) >= 11 is 18.7. The highest BCUT2D eigenvalue weighted by Crippen LogP contribution is 2.32. The molecule has 0 spiro atoms. The van der Waals surface area contributed by atoms with Gasteiger partial charge in [0.25, 0.3) is 5.91 Å². The van der Waals surface area contributed by atoms with Crippen molar-refractivity contribution in [1.82, 2.24) is 20.2 Å². The predicted octanol–water partition coefficient (Wildman–Crippen LogP) is 6.18. The molecule has 188 valence electrons. The van der Waals surface area contributed by atoms with Crippen molar-refractivity contribution in [2.75, 3.05) is 0 Å². The zero-order valence-corrected chi connectivity index (χ0v) is 21.9. The molecule has 2 aromatic carbocycles. The molecule has 0 aliphatic heterocycles. The van der Waals surface area contributed by atoms with E-state index in [1.165, 1.54) is 6.08 Å². The molecule has 0 aliphatic carbocycles. The Morgan fingerprint density at radius 1 is 0.919 bits per heavy atom. The number of hydrogen-bond donors (Lipinski definition) is 2. The highest BCUT2D eigenvalue weighted by Gasteiger charge is 2.13. The molecule has 0 atom stereocenters. The summed E-state index contributed by atoms with van der Waals surface area (Å²) in [5.74, 6) is -0.255. The van der Waals surface area contributed by atoms with E-state index in [0.717, 1.165) is 22.6 Å². The van der Waals surface area contributed by atoms with Crippen molar-refractivity contribution in [3.05, 3.63) is 123 Å². The van der Waals surface area contributed by atoms with Crippen molar-refractivity contribution in [3.8, 4) is 5.69 Å². The standard InChI is InChI=1S/C28H23Cl3N4O2/c29-16-23-24(30)11-12-25(27(23)31)35-15-3-5-22(35)18-33-26(36)13-8-19-6-9-20(10-7-19)28(37)34-17-21-4-1-2-14-32-21/h1-15H,16-18H2,(H,33,36)(H,34,37). The van der Waals surface area contributed by atoms with Gasteiger partial charge in [-0.2, -0.15) is 0 Å². The van der Waals surface area contributed by atoms with Gasteiger partial charge in [-0.25, -0.2) is 0 Å². The number of aromatic nitrogens is 2. The number of benzene rings is 2. The van der Waals surface area contributed by atoms with Crippen LogP contribution < -0.4 is 10.6 Å². The average Bonchev–Trinajstić information content (AvgIpc) is 3.39. The van der Waals surface area contributed by atoms with Crippen LogP contribution in [0.1, 0.15) is 32.9 Å². The van der Waals surface area contributed by atoms with Crippen LogP contribution in [-0.4, -0.2) is 21.4 Å². The zero-order valence-electron chi connectivity index (χ0n) is 19.6. The van der Waals surface area contributed by atoms with Gasteiger partial charge in [0.15, 0.2) is 0 Å². The summed E-state index contributed by atoms with van der Waals surface area (Å²) < 4.78 is 1.89. The van der Waals surface area contributed by atoms with Crippen molar-refractivity contribution in [2.45, 2.75) is 19.0 Å². The van der Waals surface area contributed by atoms with Gasteiger partial charge in [-0.15, -0.1) is 11.6 Å². The molecule has 0 radical (unpaired) electrons. The molecule has 0 fully saturated rings. The third-order valence-electron chi connectivity index (χ3n) is 5.59. The normalized spacial score (nSPS) is 11.0. The average molecular weight is 554 g/mol. The summed E-state index contributed by atoms with van der Waals surface area (Å²) in [5.41, 5.74) is 4.33. The highest BCUT2D eigenvalue weighted by molar-refractivity contribution is 6.38. The molecular weight excluding hydrogens is 531 g/mol. The lowest BCUT2D eigenvalue weighted by molar-refractivity contribution is -0.116. The van der Waals surface area contributed by atoms with E-state index in [2.05, 4.69) is 15.6 Å². The van der Waals surface area contributed by atoms with Crippen molar-refractivity contribution in [3.63, 3.8) is 0 Å². The number of pyridine rings is 1. The zero-order chi connectivity index (χ0) is 26.2. The largest absolute Gasteiger partial charge is 0.347 e. The number of amides is 2. The predicted molar refractivity (Wildman–Crippen MR) is 148 cm³/mol. The summed E-state index contributed by atoms with van der Waals surface area (Å²) in [5, 5.41) is 6.69. The minimum absolute atomic E-state index is 0.194. The van der Waals surface area contributed by atoms with Crippen molar-refractivity contribution in [1.29, 1.82) is 0 Å². The number of rotatable bonds is 9. The van der Waals surface area contributed by atoms with E-state index in [1.807, 2.05) is 47.2 Å². The lowest BCUT2D eigenvalue weighted by Crippen LogP contribution is -2.23. The van der Waals surface area contributed by atoms with Crippen molar-refractivity contribution in [2.24, 2.45) is 0 Å². The number of hydrogen-bond acceptors (Lipinski definition) is 3. The van der Waals surface area contributed by atoms with Gasteiger partial charge >= 0.3 is 0 Å². The van der Waals surface area contributed by atoms with Crippen LogP contribution in [0.15, 0.2) is 85.2 Å². The fourth-order valence-electron chi connectivity index (χ4n) is 3.62. The number of nitrogens with one attached hydrogen (secondary N) is 2. The molecule has 6 nitrogen and oxygen atoms in total. The lowest BCUT2D eigenvalue weighted by Gasteiger charge is -2.14. The van der Waals surface area contributed by atoms with Crippen LogP contribution in [0.4, 0.5) is 0 Å². The van der Waals surface area contributed by atoms with E-state index in [9.17, 15) is 9.59 Å². The van der Waals surface area contributed by atoms with Crippen molar-refractivity contribution < 1.29 is 9.59 Å². The van der Waals surface area contributed by atoms with E-state index < -0.39 is 0 Å². The van der Waals surface area contributed by atoms with E-state index in [0.29, 0.717) is 34.3 Å². The molecule has 0 bridgehead atoms. The molecule has 37 heavy (non-hydrogen) atoms. The monoisotopic (exact) mass is 552 g/mol. The van der Waals surface area contributed by atoms with E-state index in [4.69, 9.17) is 34.8 Å². The Balaban J connectivity index is 1.33. The van der Waals surface area contributed by atoms with Gasteiger partial charge in [0.1, 0.15) is 0 Å². The molecule has 9 heteroatoms. The summed E-state index contributed by atoms with van der Waals surface area (Å²) in [6.45, 7) is 0.643. The molecule has 4 aromatic rings. The van der Waals surface area contributed by atoms with Gasteiger partial charge in [-0.3, -0.25) is 14.6 Å². The fourth-order valence-corrected chi connectivity index (χ4v) is 4.63. The molecule has 4 rings (SSSR count). The molecular formula is C28H23Cl3N4O2. The van der Waals surface area contributed by atoms with E-state index >= 15 is 0 Å². The topological polar surface area (TPSA) is 76.0 Å². The van der Waals surface area contributed by atoms with Crippen LogP contribution in [0.2, 0.25) is 10.0 Å². The molecule has 0 aliphatic rings. The van der Waals surface area contributed by atoms with Gasteiger partial charge in [0.2, 0.25) is 5.91 Å². The van der Waals surface area contributed by atoms with Crippen LogP contribution in [0.25, 0.3) is 11.8 Å². The first-order valence-corrected chi connectivity index (χ1v) is 12.7. The van der Waals surface area contributed by atoms with Crippen LogP contribution in [0, 0.1) is 0 Å². The Labute approximate surface area is 229 Å². The quantitative estimate of drug-likeness (QED) is 0.192. The molecule has 0 saturated carbocycles. The second-order valence-electron chi connectivity index (χ2n) is 8.04. The number of alkyl halides is 1. The minimum Gasteiger partial charge on any atom is -0.347 e. The Bertz CT molecular complexity index is 1420. The van der Waals surface area contributed by atoms with Crippen LogP contribution in [-0.2, 0) is 23.8 Å². The van der Waals surface area contributed by atoms with Gasteiger partial charge < -0.3 is 15.2 Å².